The summed E-state index contributed by atoms with van der Waals surface area (Å²) in [6, 6.07) is 19.4. The number of carboxylic acids is 1. The van der Waals surface area contributed by atoms with Gasteiger partial charge in [-0.2, -0.15) is 5.10 Å². The second-order valence-electron chi connectivity index (χ2n) is 12.4. The van der Waals surface area contributed by atoms with E-state index < -0.39 is 17.5 Å². The van der Waals surface area contributed by atoms with Gasteiger partial charge in [-0.1, -0.05) is 63.2 Å². The molecule has 0 radical (unpaired) electrons. The molecule has 0 aliphatic carbocycles. The van der Waals surface area contributed by atoms with E-state index in [2.05, 4.69) is 18.7 Å². The van der Waals surface area contributed by atoms with Gasteiger partial charge in [-0.25, -0.2) is 4.98 Å². The first-order valence-electron chi connectivity index (χ1n) is 15.7. The smallest absolute Gasteiger partial charge is 0.309 e. The Hall–Kier alpha value is -4.50. The molecule has 1 saturated heterocycles. The minimum atomic E-state index is -0.700. The third kappa shape index (κ3) is 6.63. The number of nitrogens with zero attached hydrogens (tertiary/aromatic N) is 5. The van der Waals surface area contributed by atoms with Crippen LogP contribution < -0.4 is 10.6 Å². The van der Waals surface area contributed by atoms with E-state index in [1.54, 1.807) is 4.68 Å². The summed E-state index contributed by atoms with van der Waals surface area (Å²) in [7, 11) is 0. The van der Waals surface area contributed by atoms with Crippen LogP contribution in [0.25, 0.3) is 16.6 Å². The molecule has 0 spiro atoms. The zero-order valence-electron chi connectivity index (χ0n) is 26.9. The van der Waals surface area contributed by atoms with Gasteiger partial charge in [-0.05, 0) is 68.4 Å². The van der Waals surface area contributed by atoms with Crippen molar-refractivity contribution in [2.75, 3.05) is 18.0 Å². The number of aromatic nitrogens is 3. The quantitative estimate of drug-likeness (QED) is 0.171. The molecule has 9 nitrogen and oxygen atoms in total. The van der Waals surface area contributed by atoms with Crippen LogP contribution in [0, 0.1) is 18.3 Å². The van der Waals surface area contributed by atoms with Crippen molar-refractivity contribution >= 4 is 39.8 Å². The molecule has 1 aliphatic heterocycles. The largest absolute Gasteiger partial charge is 0.481 e. The normalized spacial score (nSPS) is 16.6. The zero-order chi connectivity index (χ0) is 32.3. The average Bonchev–Trinajstić information content (AvgIpc) is 3.44. The van der Waals surface area contributed by atoms with Crippen molar-refractivity contribution in [2.24, 2.45) is 22.1 Å². The molecule has 0 amide bonds. The summed E-state index contributed by atoms with van der Waals surface area (Å²) in [6.45, 7) is 11.8. The summed E-state index contributed by atoms with van der Waals surface area (Å²) < 4.78 is 1.78. The number of aryl methyl sites for hydroxylation is 1. The molecule has 0 saturated carbocycles. The predicted octanol–water partition coefficient (Wildman–Crippen LogP) is 6.67. The molecule has 0 bridgehead atoms. The SMILES string of the molecule is CCC1(C(=O)O)CCN(c2ccc(N=C(C)/C(=C(\N)c3cccc4nn(CC(O)c5ccccc5)cc34)C(C)C)c(C)n2)CC1. The molecule has 1 atom stereocenters. The van der Waals surface area contributed by atoms with Gasteiger partial charge in [-0.3, -0.25) is 14.5 Å². The predicted molar refractivity (Wildman–Crippen MR) is 181 cm³/mol. The van der Waals surface area contributed by atoms with Crippen LogP contribution >= 0.6 is 0 Å². The number of allylic oxidation sites excluding steroid dienone is 1. The van der Waals surface area contributed by atoms with E-state index in [0.29, 0.717) is 44.6 Å². The first-order valence-corrected chi connectivity index (χ1v) is 15.7. The van der Waals surface area contributed by atoms with Gasteiger partial charge < -0.3 is 20.8 Å². The lowest BCUT2D eigenvalue weighted by Crippen LogP contribution is -2.44. The topological polar surface area (TPSA) is 130 Å². The Balaban J connectivity index is 1.41. The van der Waals surface area contributed by atoms with Crippen molar-refractivity contribution in [2.45, 2.75) is 66.5 Å². The second-order valence-corrected chi connectivity index (χ2v) is 12.4. The number of fused-ring (bicyclic) bond motifs is 1. The molecule has 4 N–H and O–H groups in total. The third-order valence-electron chi connectivity index (χ3n) is 9.20. The minimum Gasteiger partial charge on any atom is -0.481 e. The summed E-state index contributed by atoms with van der Waals surface area (Å²) in [4.78, 5) is 23.9. The lowest BCUT2D eigenvalue weighted by Gasteiger charge is -2.39. The van der Waals surface area contributed by atoms with Crippen molar-refractivity contribution in [3.8, 4) is 0 Å². The Kier molecular flexibility index (Phi) is 9.39. The van der Waals surface area contributed by atoms with Crippen molar-refractivity contribution in [3.05, 3.63) is 89.3 Å². The molecule has 2 aromatic carbocycles. The Labute approximate surface area is 265 Å². The van der Waals surface area contributed by atoms with Crippen LogP contribution in [0.5, 0.6) is 0 Å². The number of carbonyl (C=O) groups is 1. The van der Waals surface area contributed by atoms with Crippen LogP contribution in [0.3, 0.4) is 0 Å². The maximum absolute atomic E-state index is 11.9. The number of piperidine rings is 1. The summed E-state index contributed by atoms with van der Waals surface area (Å²) in [5.74, 6) is 0.251. The van der Waals surface area contributed by atoms with Gasteiger partial charge in [0.2, 0.25) is 0 Å². The fourth-order valence-corrected chi connectivity index (χ4v) is 6.41. The number of hydrogen-bond acceptors (Lipinski definition) is 7. The Bertz CT molecular complexity index is 1730. The first kappa shape index (κ1) is 31.9. The summed E-state index contributed by atoms with van der Waals surface area (Å²) >= 11 is 0. The van der Waals surface area contributed by atoms with E-state index in [-0.39, 0.29) is 5.92 Å². The van der Waals surface area contributed by atoms with Crippen LogP contribution in [0.15, 0.2) is 77.4 Å². The summed E-state index contributed by atoms with van der Waals surface area (Å²) in [5.41, 5.74) is 12.8. The van der Waals surface area contributed by atoms with E-state index >= 15 is 0 Å². The van der Waals surface area contributed by atoms with E-state index in [1.165, 1.54) is 0 Å². The molecule has 2 aromatic heterocycles. The third-order valence-corrected chi connectivity index (χ3v) is 9.20. The molecule has 5 rings (SSSR count). The number of aliphatic carboxylic acids is 1. The number of pyridine rings is 1. The molecule has 1 unspecified atom stereocenters. The first-order chi connectivity index (χ1) is 21.5. The Morgan fingerprint density at radius 1 is 1.07 bits per heavy atom. The van der Waals surface area contributed by atoms with Crippen LogP contribution in [0.1, 0.15) is 69.9 Å². The van der Waals surface area contributed by atoms with E-state index in [0.717, 1.165) is 50.5 Å². The molecular formula is C36H44N6O3. The van der Waals surface area contributed by atoms with Crippen LogP contribution in [0.4, 0.5) is 11.5 Å². The summed E-state index contributed by atoms with van der Waals surface area (Å²) in [5, 5.41) is 26.2. The van der Waals surface area contributed by atoms with E-state index in [4.69, 9.17) is 20.8 Å². The zero-order valence-corrected chi connectivity index (χ0v) is 26.9. The molecule has 1 fully saturated rings. The van der Waals surface area contributed by atoms with E-state index in [9.17, 15) is 15.0 Å². The van der Waals surface area contributed by atoms with Gasteiger partial charge in [0.25, 0.3) is 0 Å². The number of aliphatic hydroxyl groups is 1. The molecule has 3 heterocycles. The fourth-order valence-electron chi connectivity index (χ4n) is 6.41. The van der Waals surface area contributed by atoms with Gasteiger partial charge in [0.05, 0.1) is 35.0 Å². The second kappa shape index (κ2) is 13.2. The highest BCUT2D eigenvalue weighted by Crippen LogP contribution is 2.37. The van der Waals surface area contributed by atoms with Gasteiger partial charge >= 0.3 is 5.97 Å². The molecule has 1 aliphatic rings. The fraction of sp³-hybridized carbons (Fsp3) is 0.389. The van der Waals surface area contributed by atoms with Gasteiger partial charge in [-0.15, -0.1) is 0 Å². The number of nitrogens with two attached hydrogens (primary N) is 1. The maximum atomic E-state index is 11.9. The molecule has 4 aromatic rings. The number of benzene rings is 2. The van der Waals surface area contributed by atoms with Gasteiger partial charge in [0, 0.05) is 41.6 Å². The lowest BCUT2D eigenvalue weighted by atomic mass is 9.76. The van der Waals surface area contributed by atoms with Crippen molar-refractivity contribution in [1.29, 1.82) is 0 Å². The highest BCUT2D eigenvalue weighted by Gasteiger charge is 2.40. The van der Waals surface area contributed by atoms with Crippen LogP contribution in [0.2, 0.25) is 0 Å². The Morgan fingerprint density at radius 2 is 1.78 bits per heavy atom. The number of anilines is 1. The van der Waals surface area contributed by atoms with Gasteiger partial charge in [0.1, 0.15) is 5.82 Å². The molecular weight excluding hydrogens is 564 g/mol. The van der Waals surface area contributed by atoms with Crippen molar-refractivity contribution in [3.63, 3.8) is 0 Å². The molecule has 236 valence electrons. The van der Waals surface area contributed by atoms with Crippen LogP contribution in [-0.4, -0.2) is 49.7 Å². The number of carboxylic acid groups (broad SMARTS) is 1. The van der Waals surface area contributed by atoms with E-state index in [1.807, 2.05) is 87.6 Å². The van der Waals surface area contributed by atoms with Crippen LogP contribution in [-0.2, 0) is 11.3 Å². The number of rotatable bonds is 10. The maximum Gasteiger partial charge on any atom is 0.309 e. The Morgan fingerprint density at radius 3 is 2.40 bits per heavy atom. The van der Waals surface area contributed by atoms with Crippen molar-refractivity contribution in [1.82, 2.24) is 14.8 Å². The molecule has 9 heteroatoms. The number of aliphatic hydroxyl groups excluding tert-OH is 1. The monoisotopic (exact) mass is 608 g/mol. The summed E-state index contributed by atoms with van der Waals surface area (Å²) in [6.07, 6.45) is 3.13. The number of aliphatic imine (C=N–C) groups is 1. The van der Waals surface area contributed by atoms with Gasteiger partial charge in [0.15, 0.2) is 0 Å². The highest BCUT2D eigenvalue weighted by atomic mass is 16.4. The standard InChI is InChI=1S/C36H44N6O3/c1-6-36(35(44)45)17-19-41(20-18-36)32-16-15-29(24(4)39-32)38-25(5)33(23(2)3)34(37)27-13-10-14-30-28(27)21-42(40-30)22-31(43)26-11-8-7-9-12-26/h7-16,21,23,31,43H,6,17-20,22,37H2,1-5H3,(H,44,45)/b34-33-,38-25?. The lowest BCUT2D eigenvalue weighted by molar-refractivity contribution is -0.150. The van der Waals surface area contributed by atoms with Crippen molar-refractivity contribution < 1.29 is 15.0 Å². The number of hydrogen-bond donors (Lipinski definition) is 3. The average molecular weight is 609 g/mol. The minimum absolute atomic E-state index is 0.105. The highest BCUT2D eigenvalue weighted by molar-refractivity contribution is 6.08. The molecule has 45 heavy (non-hydrogen) atoms.